The lowest BCUT2D eigenvalue weighted by Crippen LogP contribution is -2.35. The van der Waals surface area contributed by atoms with Crippen LogP contribution in [0.15, 0.2) is 0 Å². The molecule has 0 aromatic carbocycles. The molecule has 0 bridgehead atoms. The summed E-state index contributed by atoms with van der Waals surface area (Å²) in [6.45, 7) is 4.03. The number of carbonyl (C=O) groups excluding carboxylic acids is 1. The summed E-state index contributed by atoms with van der Waals surface area (Å²) in [6.07, 6.45) is 5.98. The van der Waals surface area contributed by atoms with Crippen molar-refractivity contribution in [1.82, 2.24) is 10.2 Å². The minimum atomic E-state index is -0.0934. The average Bonchev–Trinajstić information content (AvgIpc) is 3.07. The third kappa shape index (κ3) is 1.11. The fraction of sp³-hybridized carbons (Fsp3) is 0.909. The number of hydrogen-bond acceptors (Lipinski definition) is 2. The number of amides is 1. The van der Waals surface area contributed by atoms with Gasteiger partial charge in [0, 0.05) is 6.54 Å². The Hall–Kier alpha value is -0.570. The molecule has 0 atom stereocenters. The van der Waals surface area contributed by atoms with Gasteiger partial charge in [-0.05, 0) is 37.5 Å². The number of nitrogens with zero attached hydrogens (tertiary/aromatic N) is 1. The van der Waals surface area contributed by atoms with Crippen LogP contribution in [0, 0.1) is 5.41 Å². The van der Waals surface area contributed by atoms with Crippen LogP contribution in [0.3, 0.4) is 0 Å². The van der Waals surface area contributed by atoms with Gasteiger partial charge in [0.15, 0.2) is 0 Å². The zero-order chi connectivity index (χ0) is 9.81. The molecular weight excluding hydrogens is 176 g/mol. The topological polar surface area (TPSA) is 32.3 Å². The Bertz CT molecular complexity index is 279. The van der Waals surface area contributed by atoms with Gasteiger partial charge in [-0.3, -0.25) is 10.1 Å². The van der Waals surface area contributed by atoms with Crippen molar-refractivity contribution in [3.63, 3.8) is 0 Å². The predicted octanol–water partition coefficient (Wildman–Crippen LogP) is 1.10. The van der Waals surface area contributed by atoms with Gasteiger partial charge in [0.2, 0.25) is 5.91 Å². The van der Waals surface area contributed by atoms with Gasteiger partial charge in [-0.2, -0.15) is 0 Å². The monoisotopic (exact) mass is 194 g/mol. The van der Waals surface area contributed by atoms with Crippen LogP contribution in [0.1, 0.15) is 39.0 Å². The minimum absolute atomic E-state index is 0.0934. The lowest BCUT2D eigenvalue weighted by Gasteiger charge is -2.21. The first-order valence-electron chi connectivity index (χ1n) is 5.74. The van der Waals surface area contributed by atoms with Crippen molar-refractivity contribution in [1.29, 1.82) is 0 Å². The minimum Gasteiger partial charge on any atom is -0.328 e. The van der Waals surface area contributed by atoms with Crippen molar-refractivity contribution >= 4 is 5.91 Å². The summed E-state index contributed by atoms with van der Waals surface area (Å²) in [4.78, 5) is 14.0. The van der Waals surface area contributed by atoms with E-state index in [1.807, 2.05) is 4.90 Å². The molecule has 0 radical (unpaired) electrons. The van der Waals surface area contributed by atoms with Crippen LogP contribution in [-0.4, -0.2) is 29.6 Å². The molecule has 2 saturated carbocycles. The molecular formula is C11H18N2O. The molecule has 1 spiro atoms. The van der Waals surface area contributed by atoms with Gasteiger partial charge in [0.25, 0.3) is 0 Å². The summed E-state index contributed by atoms with van der Waals surface area (Å²) < 4.78 is 0. The van der Waals surface area contributed by atoms with Gasteiger partial charge in [-0.15, -0.1) is 0 Å². The molecule has 1 amide bonds. The average molecular weight is 194 g/mol. The van der Waals surface area contributed by atoms with E-state index in [1.54, 1.807) is 0 Å². The quantitative estimate of drug-likeness (QED) is 0.729. The smallest absolute Gasteiger partial charge is 0.243 e. The predicted molar refractivity (Wildman–Crippen MR) is 53.6 cm³/mol. The first-order valence-corrected chi connectivity index (χ1v) is 5.74. The second-order valence-electron chi connectivity index (χ2n) is 5.27. The maximum Gasteiger partial charge on any atom is 0.243 e. The van der Waals surface area contributed by atoms with Gasteiger partial charge >= 0.3 is 0 Å². The number of nitrogens with one attached hydrogen (secondary N) is 1. The summed E-state index contributed by atoms with van der Waals surface area (Å²) in [6, 6.07) is 0. The van der Waals surface area contributed by atoms with Crippen LogP contribution in [0.4, 0.5) is 0 Å². The maximum atomic E-state index is 12.0. The summed E-state index contributed by atoms with van der Waals surface area (Å²) in [5.74, 6) is 0.372. The lowest BCUT2D eigenvalue weighted by atomic mass is 10.0. The third-order valence-electron chi connectivity index (χ3n) is 4.29. The molecule has 1 saturated heterocycles. The normalized spacial score (nSPS) is 31.2. The van der Waals surface area contributed by atoms with Gasteiger partial charge in [-0.25, -0.2) is 0 Å². The first kappa shape index (κ1) is 8.72. The molecule has 3 fully saturated rings. The molecule has 3 aliphatic rings. The van der Waals surface area contributed by atoms with Crippen molar-refractivity contribution in [3.05, 3.63) is 0 Å². The second kappa shape index (κ2) is 2.51. The van der Waals surface area contributed by atoms with E-state index in [0.717, 1.165) is 26.1 Å². The second-order valence-corrected chi connectivity index (χ2v) is 5.27. The van der Waals surface area contributed by atoms with Crippen molar-refractivity contribution in [2.24, 2.45) is 5.41 Å². The number of rotatable bonds is 3. The summed E-state index contributed by atoms with van der Waals surface area (Å²) in [5.41, 5.74) is 0.404. The molecule has 0 unspecified atom stereocenters. The Labute approximate surface area is 84.8 Å². The molecule has 3 nitrogen and oxygen atoms in total. The van der Waals surface area contributed by atoms with Gasteiger partial charge in [0.1, 0.15) is 0 Å². The van der Waals surface area contributed by atoms with E-state index in [4.69, 9.17) is 0 Å². The SMILES string of the molecule is CCC1(CN2CNC3(CC3)C2=O)CC1. The Morgan fingerprint density at radius 1 is 1.36 bits per heavy atom. The molecule has 0 aromatic heterocycles. The molecule has 3 heteroatoms. The maximum absolute atomic E-state index is 12.0. The Balaban J connectivity index is 1.67. The largest absolute Gasteiger partial charge is 0.328 e. The standard InChI is InChI=1S/C11H18N2O/c1-2-10(3-4-10)7-13-8-12-11(5-6-11)9(13)14/h12H,2-8H2,1H3. The van der Waals surface area contributed by atoms with Gasteiger partial charge < -0.3 is 4.90 Å². The Kier molecular flexibility index (Phi) is 1.56. The molecule has 1 aliphatic heterocycles. The molecule has 78 valence electrons. The number of hydrogen-bond donors (Lipinski definition) is 1. The van der Waals surface area contributed by atoms with Gasteiger partial charge in [0.05, 0.1) is 12.2 Å². The van der Waals surface area contributed by atoms with Crippen LogP contribution < -0.4 is 5.32 Å². The Morgan fingerprint density at radius 3 is 2.50 bits per heavy atom. The lowest BCUT2D eigenvalue weighted by molar-refractivity contribution is -0.130. The van der Waals surface area contributed by atoms with Crippen molar-refractivity contribution in [2.75, 3.05) is 13.2 Å². The van der Waals surface area contributed by atoms with E-state index in [-0.39, 0.29) is 5.54 Å². The van der Waals surface area contributed by atoms with Crippen molar-refractivity contribution in [3.8, 4) is 0 Å². The van der Waals surface area contributed by atoms with Crippen LogP contribution in [0.25, 0.3) is 0 Å². The van der Waals surface area contributed by atoms with Crippen molar-refractivity contribution < 1.29 is 4.79 Å². The molecule has 0 aromatic rings. The molecule has 14 heavy (non-hydrogen) atoms. The molecule has 1 heterocycles. The first-order chi connectivity index (χ1) is 6.70. The van der Waals surface area contributed by atoms with Crippen LogP contribution >= 0.6 is 0 Å². The fourth-order valence-electron chi connectivity index (χ4n) is 2.55. The van der Waals surface area contributed by atoms with Gasteiger partial charge in [-0.1, -0.05) is 6.92 Å². The summed E-state index contributed by atoms with van der Waals surface area (Å²) in [5, 5.41) is 3.36. The molecule has 2 aliphatic carbocycles. The van der Waals surface area contributed by atoms with E-state index in [2.05, 4.69) is 12.2 Å². The zero-order valence-electron chi connectivity index (χ0n) is 8.81. The van der Waals surface area contributed by atoms with E-state index in [1.165, 1.54) is 19.3 Å². The highest BCUT2D eigenvalue weighted by molar-refractivity contribution is 5.91. The van der Waals surface area contributed by atoms with E-state index < -0.39 is 0 Å². The van der Waals surface area contributed by atoms with E-state index in [9.17, 15) is 4.79 Å². The van der Waals surface area contributed by atoms with Crippen LogP contribution in [0.5, 0.6) is 0 Å². The molecule has 3 rings (SSSR count). The highest BCUT2D eigenvalue weighted by Crippen LogP contribution is 2.50. The van der Waals surface area contributed by atoms with Crippen LogP contribution in [0.2, 0.25) is 0 Å². The molecule has 1 N–H and O–H groups in total. The van der Waals surface area contributed by atoms with E-state index in [0.29, 0.717) is 11.3 Å². The number of carbonyl (C=O) groups is 1. The Morgan fingerprint density at radius 2 is 2.07 bits per heavy atom. The summed E-state index contributed by atoms with van der Waals surface area (Å²) in [7, 11) is 0. The summed E-state index contributed by atoms with van der Waals surface area (Å²) >= 11 is 0. The highest BCUT2D eigenvalue weighted by atomic mass is 16.2. The highest BCUT2D eigenvalue weighted by Gasteiger charge is 2.57. The fourth-order valence-corrected chi connectivity index (χ4v) is 2.55. The third-order valence-corrected chi connectivity index (χ3v) is 4.29. The van der Waals surface area contributed by atoms with Crippen molar-refractivity contribution in [2.45, 2.75) is 44.6 Å². The van der Waals surface area contributed by atoms with E-state index >= 15 is 0 Å². The zero-order valence-corrected chi connectivity index (χ0v) is 8.81. The van der Waals surface area contributed by atoms with Crippen LogP contribution in [-0.2, 0) is 4.79 Å².